The lowest BCUT2D eigenvalue weighted by atomic mass is 10.2. The van der Waals surface area contributed by atoms with Gasteiger partial charge in [-0.25, -0.2) is 4.98 Å². The number of alkyl halides is 9. The van der Waals surface area contributed by atoms with Crippen LogP contribution >= 0.6 is 11.6 Å². The second-order valence-corrected chi connectivity index (χ2v) is 9.18. The van der Waals surface area contributed by atoms with E-state index in [1.54, 1.807) is 0 Å². The van der Waals surface area contributed by atoms with Crippen molar-refractivity contribution in [2.45, 2.75) is 30.6 Å². The molecule has 1 aliphatic rings. The van der Waals surface area contributed by atoms with Gasteiger partial charge in [-0.3, -0.25) is 9.78 Å². The number of amides is 1. The van der Waals surface area contributed by atoms with Crippen LogP contribution in [0.4, 0.5) is 58.0 Å². The first-order valence-corrected chi connectivity index (χ1v) is 12.0. The molecule has 3 heterocycles. The van der Waals surface area contributed by atoms with Crippen LogP contribution < -0.4 is 25.0 Å². The van der Waals surface area contributed by atoms with Crippen molar-refractivity contribution in [1.82, 2.24) is 9.97 Å². The molecule has 1 amide bonds. The molecule has 18 heteroatoms. The van der Waals surface area contributed by atoms with E-state index in [1.165, 1.54) is 17.0 Å². The van der Waals surface area contributed by atoms with Gasteiger partial charge < -0.3 is 30.1 Å². The molecule has 0 radical (unpaired) electrons. The molecule has 9 nitrogen and oxygen atoms in total. The summed E-state index contributed by atoms with van der Waals surface area (Å²) >= 11 is 4.71. The van der Waals surface area contributed by atoms with Crippen LogP contribution in [0, 0.1) is 0 Å². The number of rotatable bonds is 8. The molecule has 226 valence electrons. The lowest BCUT2D eigenvalue weighted by Crippen LogP contribution is -2.24. The van der Waals surface area contributed by atoms with Crippen LogP contribution in [0.1, 0.15) is 22.3 Å². The van der Waals surface area contributed by atoms with Gasteiger partial charge in [-0.05, 0) is 36.8 Å². The smallest absolute Gasteiger partial charge is 0.420 e. The third kappa shape index (κ3) is 8.00. The normalized spacial score (nSPS) is 15.9. The van der Waals surface area contributed by atoms with Crippen molar-refractivity contribution in [3.05, 3.63) is 60.0 Å². The van der Waals surface area contributed by atoms with Gasteiger partial charge in [0.1, 0.15) is 17.0 Å². The Morgan fingerprint density at radius 1 is 1.00 bits per heavy atom. The Morgan fingerprint density at radius 2 is 1.69 bits per heavy atom. The van der Waals surface area contributed by atoms with E-state index in [2.05, 4.69) is 30.1 Å². The fraction of sp³-hybridized carbons (Fsp3) is 0.292. The van der Waals surface area contributed by atoms with Crippen LogP contribution in [-0.4, -0.2) is 52.1 Å². The summed E-state index contributed by atoms with van der Waals surface area (Å²) < 4.78 is 113. The quantitative estimate of drug-likeness (QED) is 0.202. The van der Waals surface area contributed by atoms with Gasteiger partial charge in [0.25, 0.3) is 5.91 Å². The Kier molecular flexibility index (Phi) is 8.54. The molecule has 0 aliphatic carbocycles. The fourth-order valence-electron chi connectivity index (χ4n) is 3.91. The van der Waals surface area contributed by atoms with Gasteiger partial charge in [-0.15, -0.1) is 22.0 Å². The molecule has 3 N–H and O–H groups in total. The van der Waals surface area contributed by atoms with Crippen molar-refractivity contribution in [1.29, 1.82) is 0 Å². The van der Waals surface area contributed by atoms with Crippen LogP contribution in [0.3, 0.4) is 0 Å². The minimum absolute atomic E-state index is 0.00183. The van der Waals surface area contributed by atoms with E-state index in [0.717, 1.165) is 24.4 Å². The number of nitrogens with zero attached hydrogens (tertiary/aromatic N) is 3. The van der Waals surface area contributed by atoms with E-state index < -0.39 is 47.1 Å². The summed E-state index contributed by atoms with van der Waals surface area (Å²) in [4.78, 5) is 21.9. The number of hydrogen-bond donors (Lipinski definition) is 3. The number of nitrogens with one attached hydrogen (secondary N) is 2. The minimum Gasteiger partial charge on any atom is -0.420 e. The summed E-state index contributed by atoms with van der Waals surface area (Å²) in [5.74, 6) is -2.76. The van der Waals surface area contributed by atoms with E-state index in [9.17, 15) is 45.0 Å². The molecular formula is C24H18ClF8N5O4. The van der Waals surface area contributed by atoms with Gasteiger partial charge in [-0.1, -0.05) is 0 Å². The third-order valence-corrected chi connectivity index (χ3v) is 5.70. The van der Waals surface area contributed by atoms with Crippen LogP contribution in [0.15, 0.2) is 48.9 Å². The number of pyridine rings is 2. The highest BCUT2D eigenvalue weighted by molar-refractivity contribution is 6.20. The molecular weight excluding hydrogens is 610 g/mol. The minimum atomic E-state index is -5.50. The molecule has 42 heavy (non-hydrogen) atoms. The van der Waals surface area contributed by atoms with Gasteiger partial charge in [0, 0.05) is 42.8 Å². The number of ether oxygens (including phenoxy) is 2. The number of anilines is 4. The van der Waals surface area contributed by atoms with Crippen LogP contribution in [0.2, 0.25) is 0 Å². The molecule has 0 spiro atoms. The zero-order valence-electron chi connectivity index (χ0n) is 20.7. The van der Waals surface area contributed by atoms with E-state index in [0.29, 0.717) is 12.6 Å². The topological polar surface area (TPSA) is 109 Å². The van der Waals surface area contributed by atoms with Crippen molar-refractivity contribution in [3.8, 4) is 11.5 Å². The maximum Gasteiger partial charge on any atom is 0.573 e. The summed E-state index contributed by atoms with van der Waals surface area (Å²) in [6.07, 6.45) is -9.34. The average molecular weight is 628 g/mol. The van der Waals surface area contributed by atoms with Gasteiger partial charge in [0.2, 0.25) is 0 Å². The summed E-state index contributed by atoms with van der Waals surface area (Å²) in [7, 11) is 0. The Bertz CT molecular complexity index is 1430. The predicted molar refractivity (Wildman–Crippen MR) is 132 cm³/mol. The number of aliphatic hydroxyl groups is 1. The highest BCUT2D eigenvalue weighted by atomic mass is 35.5. The van der Waals surface area contributed by atoms with Crippen molar-refractivity contribution < 1.29 is 54.5 Å². The molecule has 1 aliphatic heterocycles. The number of carbonyl (C=O) groups is 1. The van der Waals surface area contributed by atoms with E-state index in [-0.39, 0.29) is 47.8 Å². The van der Waals surface area contributed by atoms with Gasteiger partial charge in [-0.2, -0.15) is 13.2 Å². The van der Waals surface area contributed by atoms with Crippen molar-refractivity contribution in [3.63, 3.8) is 0 Å². The first-order chi connectivity index (χ1) is 19.5. The van der Waals surface area contributed by atoms with E-state index in [4.69, 9.17) is 11.6 Å². The molecule has 2 aromatic heterocycles. The Labute approximate surface area is 236 Å². The van der Waals surface area contributed by atoms with E-state index in [1.807, 2.05) is 0 Å². The predicted octanol–water partition coefficient (Wildman–Crippen LogP) is 6.13. The SMILES string of the molecule is O=C(Nc1ccc(OC(F)(F)Cl)cc1)c1cnc(N2CCC(O)C2)c(Nc2cncc(C(F)(F)F)c2OC(F)(F)F)c1. The summed E-state index contributed by atoms with van der Waals surface area (Å²) in [6.45, 7) is 0.270. The maximum atomic E-state index is 13.5. The second kappa shape index (κ2) is 11.6. The van der Waals surface area contributed by atoms with E-state index >= 15 is 0 Å². The number of aliphatic hydroxyl groups excluding tert-OH is 1. The Morgan fingerprint density at radius 3 is 2.26 bits per heavy atom. The van der Waals surface area contributed by atoms with Gasteiger partial charge in [0.15, 0.2) is 11.6 Å². The van der Waals surface area contributed by atoms with Crippen LogP contribution in [-0.2, 0) is 6.18 Å². The third-order valence-electron chi connectivity index (χ3n) is 5.63. The van der Waals surface area contributed by atoms with Crippen LogP contribution in [0.25, 0.3) is 0 Å². The summed E-state index contributed by atoms with van der Waals surface area (Å²) in [5, 5.41) is 14.8. The van der Waals surface area contributed by atoms with Gasteiger partial charge >= 0.3 is 18.1 Å². The second-order valence-electron chi connectivity index (χ2n) is 8.74. The van der Waals surface area contributed by atoms with Crippen molar-refractivity contribution >= 4 is 40.4 Å². The Hall–Kier alpha value is -4.12. The molecule has 0 saturated carbocycles. The van der Waals surface area contributed by atoms with Gasteiger partial charge in [0.05, 0.1) is 23.6 Å². The number of halogens is 9. The summed E-state index contributed by atoms with van der Waals surface area (Å²) in [5.41, 5.74) is -6.93. The standard InChI is InChI=1S/C24H18ClF8N5O4/c25-23(29,30)41-15-3-1-13(2-4-15)36-21(40)12-7-17(20(35-8-12)38-6-5-14(39)11-38)37-18-10-34-9-16(22(26,27)28)19(18)42-24(31,32)33/h1-4,7-10,14,37,39H,5-6,11H2,(H,36,40). The molecule has 3 aromatic rings. The zero-order valence-corrected chi connectivity index (χ0v) is 21.5. The molecule has 1 aromatic carbocycles. The largest absolute Gasteiger partial charge is 0.573 e. The molecule has 4 rings (SSSR count). The molecule has 0 bridgehead atoms. The average Bonchev–Trinajstić information content (AvgIpc) is 3.29. The number of benzene rings is 1. The number of aromatic nitrogens is 2. The number of β-amino-alcohol motifs (C(OH)–C–C–N with tert-alkyl or cyclic N) is 1. The van der Waals surface area contributed by atoms with Crippen molar-refractivity contribution in [2.24, 2.45) is 0 Å². The molecule has 1 atom stereocenters. The molecule has 1 saturated heterocycles. The first kappa shape index (κ1) is 30.8. The number of hydrogen-bond acceptors (Lipinski definition) is 8. The van der Waals surface area contributed by atoms with Crippen LogP contribution in [0.5, 0.6) is 11.5 Å². The lowest BCUT2D eigenvalue weighted by molar-refractivity contribution is -0.276. The summed E-state index contributed by atoms with van der Waals surface area (Å²) in [6, 6.07) is 5.68. The number of carbonyl (C=O) groups excluding carboxylic acids is 1. The maximum absolute atomic E-state index is 13.5. The monoisotopic (exact) mass is 627 g/mol. The molecule has 1 fully saturated rings. The Balaban J connectivity index is 1.69. The van der Waals surface area contributed by atoms with Crippen molar-refractivity contribution in [2.75, 3.05) is 28.6 Å². The first-order valence-electron chi connectivity index (χ1n) is 11.7. The highest BCUT2D eigenvalue weighted by Gasteiger charge is 2.41. The fourth-order valence-corrected chi connectivity index (χ4v) is 4.00. The molecule has 1 unspecified atom stereocenters. The highest BCUT2D eigenvalue weighted by Crippen LogP contribution is 2.44. The lowest BCUT2D eigenvalue weighted by Gasteiger charge is -2.23. The zero-order chi connectivity index (χ0) is 30.9.